The van der Waals surface area contributed by atoms with E-state index in [-0.39, 0.29) is 5.91 Å². The van der Waals surface area contributed by atoms with Crippen LogP contribution in [-0.2, 0) is 0 Å². The molecule has 0 unspecified atom stereocenters. The van der Waals surface area contributed by atoms with E-state index in [1.165, 1.54) is 36.1 Å². The molecule has 3 aromatic rings. The minimum Gasteiger partial charge on any atom is -0.497 e. The van der Waals surface area contributed by atoms with Gasteiger partial charge in [0, 0.05) is 16.9 Å². The highest BCUT2D eigenvalue weighted by atomic mass is 16.5. The molecule has 2 aliphatic carbocycles. The summed E-state index contributed by atoms with van der Waals surface area (Å²) in [6, 6.07) is 24.9. The lowest BCUT2D eigenvalue weighted by atomic mass is 9.68. The van der Waals surface area contributed by atoms with Crippen molar-refractivity contribution in [2.24, 2.45) is 17.8 Å². The number of hydrogen-bond acceptors (Lipinski definition) is 3. The number of nitrogens with one attached hydrogen (secondary N) is 2. The number of rotatable bonds is 4. The van der Waals surface area contributed by atoms with Gasteiger partial charge in [-0.05, 0) is 96.5 Å². The van der Waals surface area contributed by atoms with Crippen molar-refractivity contribution in [3.05, 3.63) is 89.5 Å². The maximum absolute atomic E-state index is 13.0. The van der Waals surface area contributed by atoms with E-state index in [1.54, 1.807) is 7.11 Å². The van der Waals surface area contributed by atoms with Crippen molar-refractivity contribution in [2.75, 3.05) is 17.7 Å². The van der Waals surface area contributed by atoms with Crippen molar-refractivity contribution in [2.45, 2.75) is 31.2 Å². The van der Waals surface area contributed by atoms with Crippen molar-refractivity contribution in [3.63, 3.8) is 0 Å². The monoisotopic (exact) mass is 424 g/mol. The summed E-state index contributed by atoms with van der Waals surface area (Å²) in [5.74, 6) is 3.35. The van der Waals surface area contributed by atoms with Crippen LogP contribution >= 0.6 is 0 Å². The standard InChI is InChI=1S/C28H28N2O2/c1-32-22-12-10-21(11-13-22)29-28(31)20-9-14-24-23(16-20)25-18-7-8-19(15-18)26(25)27(30-24)17-5-3-2-4-6-17/h2-6,9-14,16,18-19,25-27,30H,7-8,15H2,1H3,(H,29,31)/t18-,19+,25-,26+,27-/m1/s1. The zero-order chi connectivity index (χ0) is 21.7. The third-order valence-electron chi connectivity index (χ3n) is 7.86. The molecule has 0 spiro atoms. The molecule has 5 atom stereocenters. The largest absolute Gasteiger partial charge is 0.497 e. The van der Waals surface area contributed by atoms with Gasteiger partial charge in [-0.25, -0.2) is 0 Å². The predicted molar refractivity (Wildman–Crippen MR) is 127 cm³/mol. The van der Waals surface area contributed by atoms with E-state index in [1.807, 2.05) is 30.3 Å². The lowest BCUT2D eigenvalue weighted by molar-refractivity contribution is 0.102. The molecule has 6 rings (SSSR count). The number of benzene rings is 3. The summed E-state index contributed by atoms with van der Waals surface area (Å²) in [6.07, 6.45) is 3.97. The van der Waals surface area contributed by atoms with Gasteiger partial charge >= 0.3 is 0 Å². The molecule has 3 aliphatic rings. The Morgan fingerprint density at radius 2 is 1.75 bits per heavy atom. The molecule has 0 radical (unpaired) electrons. The van der Waals surface area contributed by atoms with Gasteiger partial charge < -0.3 is 15.4 Å². The van der Waals surface area contributed by atoms with Crippen molar-refractivity contribution >= 4 is 17.3 Å². The molecule has 162 valence electrons. The summed E-state index contributed by atoms with van der Waals surface area (Å²) in [5, 5.41) is 6.88. The van der Waals surface area contributed by atoms with Crippen LogP contribution in [0.25, 0.3) is 0 Å². The van der Waals surface area contributed by atoms with Crippen LogP contribution in [0, 0.1) is 17.8 Å². The number of ether oxygens (including phenoxy) is 1. The summed E-state index contributed by atoms with van der Waals surface area (Å²) in [4.78, 5) is 13.0. The highest BCUT2D eigenvalue weighted by molar-refractivity contribution is 6.04. The number of carbonyl (C=O) groups excluding carboxylic acids is 1. The topological polar surface area (TPSA) is 50.4 Å². The average molecular weight is 425 g/mol. The van der Waals surface area contributed by atoms with Gasteiger partial charge in [-0.1, -0.05) is 30.3 Å². The Balaban J connectivity index is 1.32. The average Bonchev–Trinajstić information content (AvgIpc) is 3.47. The second-order valence-electron chi connectivity index (χ2n) is 9.45. The summed E-state index contributed by atoms with van der Waals surface area (Å²) in [5.41, 5.74) is 5.39. The summed E-state index contributed by atoms with van der Waals surface area (Å²) >= 11 is 0. The third kappa shape index (κ3) is 3.17. The van der Waals surface area contributed by atoms with Gasteiger partial charge in [-0.15, -0.1) is 0 Å². The van der Waals surface area contributed by atoms with E-state index < -0.39 is 0 Å². The quantitative estimate of drug-likeness (QED) is 0.521. The van der Waals surface area contributed by atoms with Crippen LogP contribution in [0.3, 0.4) is 0 Å². The van der Waals surface area contributed by atoms with E-state index in [0.717, 1.165) is 28.8 Å². The molecule has 4 nitrogen and oxygen atoms in total. The molecule has 0 saturated heterocycles. The smallest absolute Gasteiger partial charge is 0.255 e. The highest BCUT2D eigenvalue weighted by Crippen LogP contribution is 2.63. The van der Waals surface area contributed by atoms with Gasteiger partial charge in [0.05, 0.1) is 13.2 Å². The minimum atomic E-state index is -0.0668. The first-order valence-corrected chi connectivity index (χ1v) is 11.6. The van der Waals surface area contributed by atoms with E-state index in [2.05, 4.69) is 53.1 Å². The van der Waals surface area contributed by atoms with Crippen LogP contribution in [0.15, 0.2) is 72.8 Å². The number of amides is 1. The molecular weight excluding hydrogens is 396 g/mol. The summed E-state index contributed by atoms with van der Waals surface area (Å²) in [6.45, 7) is 0. The zero-order valence-electron chi connectivity index (χ0n) is 18.3. The van der Waals surface area contributed by atoms with Crippen molar-refractivity contribution in [3.8, 4) is 5.75 Å². The van der Waals surface area contributed by atoms with Crippen LogP contribution in [0.2, 0.25) is 0 Å². The molecule has 3 aromatic carbocycles. The summed E-state index contributed by atoms with van der Waals surface area (Å²) < 4.78 is 5.21. The normalized spacial score (nSPS) is 27.2. The predicted octanol–water partition coefficient (Wildman–Crippen LogP) is 6.24. The number of carbonyl (C=O) groups is 1. The highest BCUT2D eigenvalue weighted by Gasteiger charge is 2.53. The zero-order valence-corrected chi connectivity index (χ0v) is 18.3. The molecular formula is C28H28N2O2. The molecule has 1 heterocycles. The lowest BCUT2D eigenvalue weighted by Crippen LogP contribution is -2.35. The van der Waals surface area contributed by atoms with Crippen molar-refractivity contribution in [1.82, 2.24) is 0 Å². The maximum atomic E-state index is 13.0. The molecule has 1 amide bonds. The SMILES string of the molecule is COc1ccc(NC(=O)c2ccc3c(c2)[C@H]2[C@@H]4CC[C@@H](C4)[C@@H]2[C@@H](c2ccccc2)N3)cc1. The molecule has 32 heavy (non-hydrogen) atoms. The first-order chi connectivity index (χ1) is 15.7. The van der Waals surface area contributed by atoms with Crippen LogP contribution in [0.5, 0.6) is 5.75 Å². The Kier molecular flexibility index (Phi) is 4.67. The second kappa shape index (κ2) is 7.70. The number of hydrogen-bond donors (Lipinski definition) is 2. The Labute approximate surface area is 189 Å². The van der Waals surface area contributed by atoms with E-state index in [4.69, 9.17) is 4.74 Å². The maximum Gasteiger partial charge on any atom is 0.255 e. The Morgan fingerprint density at radius 3 is 2.53 bits per heavy atom. The van der Waals surface area contributed by atoms with Gasteiger partial charge in [0.2, 0.25) is 0 Å². The molecule has 2 saturated carbocycles. The van der Waals surface area contributed by atoms with E-state index in [0.29, 0.717) is 17.9 Å². The van der Waals surface area contributed by atoms with Gasteiger partial charge in [-0.3, -0.25) is 4.79 Å². The van der Waals surface area contributed by atoms with Gasteiger partial charge in [0.15, 0.2) is 0 Å². The van der Waals surface area contributed by atoms with Gasteiger partial charge in [0.1, 0.15) is 5.75 Å². The number of anilines is 2. The Hall–Kier alpha value is -3.27. The van der Waals surface area contributed by atoms with Crippen LogP contribution in [0.4, 0.5) is 11.4 Å². The number of methoxy groups -OCH3 is 1. The van der Waals surface area contributed by atoms with Crippen molar-refractivity contribution < 1.29 is 9.53 Å². The third-order valence-corrected chi connectivity index (χ3v) is 7.86. The minimum absolute atomic E-state index is 0.0668. The first-order valence-electron chi connectivity index (χ1n) is 11.6. The number of fused-ring (bicyclic) bond motifs is 7. The fourth-order valence-corrected chi connectivity index (χ4v) is 6.50. The summed E-state index contributed by atoms with van der Waals surface area (Å²) in [7, 11) is 1.64. The first kappa shape index (κ1) is 19.4. The van der Waals surface area contributed by atoms with Crippen LogP contribution in [-0.4, -0.2) is 13.0 Å². The lowest BCUT2D eigenvalue weighted by Gasteiger charge is -2.43. The fourth-order valence-electron chi connectivity index (χ4n) is 6.50. The Morgan fingerprint density at radius 1 is 0.969 bits per heavy atom. The molecule has 2 bridgehead atoms. The fraction of sp³-hybridized carbons (Fsp3) is 0.321. The molecule has 2 fully saturated rings. The van der Waals surface area contributed by atoms with Gasteiger partial charge in [0.25, 0.3) is 5.91 Å². The second-order valence-corrected chi connectivity index (χ2v) is 9.45. The van der Waals surface area contributed by atoms with Gasteiger partial charge in [-0.2, -0.15) is 0 Å². The van der Waals surface area contributed by atoms with Crippen LogP contribution < -0.4 is 15.4 Å². The van der Waals surface area contributed by atoms with Crippen LogP contribution in [0.1, 0.15) is 52.7 Å². The molecule has 0 aromatic heterocycles. The Bertz CT molecular complexity index is 1140. The molecule has 4 heteroatoms. The molecule has 2 N–H and O–H groups in total. The molecule has 1 aliphatic heterocycles. The van der Waals surface area contributed by atoms with E-state index in [9.17, 15) is 4.79 Å². The van der Waals surface area contributed by atoms with Crippen molar-refractivity contribution in [1.29, 1.82) is 0 Å². The van der Waals surface area contributed by atoms with E-state index >= 15 is 0 Å².